The second-order valence-electron chi connectivity index (χ2n) is 4.87. The molecule has 0 amide bonds. The third-order valence-electron chi connectivity index (χ3n) is 3.64. The monoisotopic (exact) mass is 290 g/mol. The standard InChI is InChI=1S/C16H22N2OS/c1-4-18(5-2)10-9-17-13-7-6-12(3)16-15(13)14(20)8-11-19-16/h6-8,11,17H,4-5,9-10H2,1-3H3. The van der Waals surface area contributed by atoms with Crippen molar-refractivity contribution in [2.75, 3.05) is 31.5 Å². The van der Waals surface area contributed by atoms with Crippen molar-refractivity contribution in [1.82, 2.24) is 4.90 Å². The lowest BCUT2D eigenvalue weighted by molar-refractivity contribution is 0.316. The van der Waals surface area contributed by atoms with Gasteiger partial charge in [0.1, 0.15) is 5.58 Å². The van der Waals surface area contributed by atoms with Gasteiger partial charge in [0.05, 0.1) is 16.2 Å². The molecule has 1 aromatic carbocycles. The molecule has 0 bridgehead atoms. The van der Waals surface area contributed by atoms with E-state index in [1.165, 1.54) is 0 Å². The first-order valence-electron chi connectivity index (χ1n) is 7.14. The average Bonchev–Trinajstić information content (AvgIpc) is 2.46. The van der Waals surface area contributed by atoms with Gasteiger partial charge in [-0.2, -0.15) is 0 Å². The van der Waals surface area contributed by atoms with E-state index < -0.39 is 0 Å². The van der Waals surface area contributed by atoms with Gasteiger partial charge < -0.3 is 14.6 Å². The molecule has 0 atom stereocenters. The second kappa shape index (κ2) is 6.86. The first-order valence-corrected chi connectivity index (χ1v) is 7.55. The Balaban J connectivity index is 2.23. The number of hydrogen-bond acceptors (Lipinski definition) is 4. The van der Waals surface area contributed by atoms with Gasteiger partial charge in [-0.1, -0.05) is 32.1 Å². The van der Waals surface area contributed by atoms with E-state index in [-0.39, 0.29) is 0 Å². The molecule has 1 aromatic heterocycles. The predicted molar refractivity (Wildman–Crippen MR) is 88.1 cm³/mol. The van der Waals surface area contributed by atoms with E-state index in [0.29, 0.717) is 0 Å². The summed E-state index contributed by atoms with van der Waals surface area (Å²) in [6.07, 6.45) is 1.66. The van der Waals surface area contributed by atoms with E-state index in [1.54, 1.807) is 6.26 Å². The summed E-state index contributed by atoms with van der Waals surface area (Å²) < 4.78 is 6.45. The molecule has 2 rings (SSSR count). The molecule has 108 valence electrons. The number of nitrogens with one attached hydrogen (secondary N) is 1. The van der Waals surface area contributed by atoms with Crippen LogP contribution in [0.1, 0.15) is 19.4 Å². The highest BCUT2D eigenvalue weighted by Crippen LogP contribution is 2.27. The number of rotatable bonds is 6. The normalized spacial score (nSPS) is 11.2. The Hall–Kier alpha value is -1.39. The molecule has 0 saturated carbocycles. The zero-order valence-corrected chi connectivity index (χ0v) is 13.2. The molecular formula is C16H22N2OS. The average molecular weight is 290 g/mol. The minimum Gasteiger partial charge on any atom is -0.464 e. The lowest BCUT2D eigenvalue weighted by Crippen LogP contribution is -2.28. The topological polar surface area (TPSA) is 28.4 Å². The lowest BCUT2D eigenvalue weighted by atomic mass is 10.1. The Labute approximate surface area is 125 Å². The van der Waals surface area contributed by atoms with Crippen LogP contribution in [0.4, 0.5) is 5.69 Å². The van der Waals surface area contributed by atoms with Crippen LogP contribution in [0.15, 0.2) is 28.9 Å². The molecule has 0 aliphatic rings. The fraction of sp³-hybridized carbons (Fsp3) is 0.438. The number of hydrogen-bond donors (Lipinski definition) is 1. The van der Waals surface area contributed by atoms with Gasteiger partial charge in [0.15, 0.2) is 0 Å². The Kier molecular flexibility index (Phi) is 5.15. The van der Waals surface area contributed by atoms with Gasteiger partial charge in [-0.25, -0.2) is 0 Å². The van der Waals surface area contributed by atoms with E-state index >= 15 is 0 Å². The highest BCUT2D eigenvalue weighted by molar-refractivity contribution is 7.71. The molecule has 0 saturated heterocycles. The molecule has 20 heavy (non-hydrogen) atoms. The molecule has 1 heterocycles. The van der Waals surface area contributed by atoms with Gasteiger partial charge >= 0.3 is 0 Å². The lowest BCUT2D eigenvalue weighted by Gasteiger charge is -2.19. The SMILES string of the molecule is CCN(CC)CCNc1ccc(C)c2occc(=S)c12. The first-order chi connectivity index (χ1) is 9.67. The van der Waals surface area contributed by atoms with Gasteiger partial charge in [-0.05, 0) is 37.7 Å². The van der Waals surface area contributed by atoms with Crippen LogP contribution in [-0.4, -0.2) is 31.1 Å². The number of fused-ring (bicyclic) bond motifs is 1. The van der Waals surface area contributed by atoms with Crippen LogP contribution in [0.25, 0.3) is 11.0 Å². The molecule has 1 N–H and O–H groups in total. The van der Waals surface area contributed by atoms with E-state index in [2.05, 4.69) is 36.2 Å². The maximum Gasteiger partial charge on any atom is 0.140 e. The quantitative estimate of drug-likeness (QED) is 0.806. The zero-order chi connectivity index (χ0) is 14.5. The van der Waals surface area contributed by atoms with Crippen molar-refractivity contribution in [3.05, 3.63) is 34.5 Å². The second-order valence-corrected chi connectivity index (χ2v) is 5.31. The molecule has 3 nitrogen and oxygen atoms in total. The molecule has 0 aliphatic heterocycles. The van der Waals surface area contributed by atoms with Crippen molar-refractivity contribution in [2.24, 2.45) is 0 Å². The predicted octanol–water partition coefficient (Wildman–Crippen LogP) is 4.22. The zero-order valence-electron chi connectivity index (χ0n) is 12.4. The van der Waals surface area contributed by atoms with Crippen LogP contribution in [0.3, 0.4) is 0 Å². The summed E-state index contributed by atoms with van der Waals surface area (Å²) in [5, 5.41) is 4.50. The molecule has 0 fully saturated rings. The fourth-order valence-electron chi connectivity index (χ4n) is 2.37. The molecule has 0 unspecified atom stereocenters. The largest absolute Gasteiger partial charge is 0.464 e. The van der Waals surface area contributed by atoms with Crippen molar-refractivity contribution >= 4 is 28.9 Å². The van der Waals surface area contributed by atoms with Crippen LogP contribution in [0.2, 0.25) is 0 Å². The minimum atomic E-state index is 0.834. The number of likely N-dealkylation sites (N-methyl/N-ethyl adjacent to an activating group) is 1. The van der Waals surface area contributed by atoms with Crippen molar-refractivity contribution in [3.8, 4) is 0 Å². The van der Waals surface area contributed by atoms with Crippen LogP contribution < -0.4 is 5.32 Å². The maximum atomic E-state index is 5.62. The van der Waals surface area contributed by atoms with E-state index in [0.717, 1.165) is 52.9 Å². The molecule has 2 aromatic rings. The summed E-state index contributed by atoms with van der Waals surface area (Å²) in [7, 11) is 0. The number of nitrogens with zero attached hydrogens (tertiary/aromatic N) is 1. The highest BCUT2D eigenvalue weighted by Gasteiger charge is 2.07. The molecule has 0 spiro atoms. The summed E-state index contributed by atoms with van der Waals surface area (Å²) in [6.45, 7) is 10.5. The number of aryl methyl sites for hydroxylation is 1. The van der Waals surface area contributed by atoms with Crippen LogP contribution in [0.5, 0.6) is 0 Å². The third kappa shape index (κ3) is 3.19. The molecular weight excluding hydrogens is 268 g/mol. The van der Waals surface area contributed by atoms with Crippen molar-refractivity contribution in [1.29, 1.82) is 0 Å². The van der Waals surface area contributed by atoms with Crippen LogP contribution >= 0.6 is 12.2 Å². The van der Waals surface area contributed by atoms with Crippen LogP contribution in [-0.2, 0) is 0 Å². The van der Waals surface area contributed by atoms with Gasteiger partial charge in [-0.15, -0.1) is 0 Å². The van der Waals surface area contributed by atoms with Gasteiger partial charge in [-0.3, -0.25) is 0 Å². The summed E-state index contributed by atoms with van der Waals surface area (Å²) in [4.78, 5) is 2.39. The molecule has 0 radical (unpaired) electrons. The Morgan fingerprint density at radius 1 is 1.20 bits per heavy atom. The Morgan fingerprint density at radius 3 is 2.65 bits per heavy atom. The minimum absolute atomic E-state index is 0.834. The molecule has 0 aliphatic carbocycles. The van der Waals surface area contributed by atoms with Gasteiger partial charge in [0.25, 0.3) is 0 Å². The van der Waals surface area contributed by atoms with Crippen molar-refractivity contribution in [3.63, 3.8) is 0 Å². The van der Waals surface area contributed by atoms with E-state index in [1.807, 2.05) is 13.0 Å². The summed E-state index contributed by atoms with van der Waals surface area (Å²) in [5.41, 5.74) is 3.05. The third-order valence-corrected chi connectivity index (χ3v) is 3.98. The Morgan fingerprint density at radius 2 is 1.95 bits per heavy atom. The van der Waals surface area contributed by atoms with Crippen molar-refractivity contribution < 1.29 is 4.42 Å². The maximum absolute atomic E-state index is 5.62. The van der Waals surface area contributed by atoms with Gasteiger partial charge in [0, 0.05) is 18.8 Å². The number of benzene rings is 1. The molecule has 4 heteroatoms. The van der Waals surface area contributed by atoms with Crippen molar-refractivity contribution in [2.45, 2.75) is 20.8 Å². The van der Waals surface area contributed by atoms with E-state index in [9.17, 15) is 0 Å². The summed E-state index contributed by atoms with van der Waals surface area (Å²) in [5.74, 6) is 0. The fourth-order valence-corrected chi connectivity index (χ4v) is 2.62. The smallest absolute Gasteiger partial charge is 0.140 e. The van der Waals surface area contributed by atoms with Crippen LogP contribution in [0, 0.1) is 11.4 Å². The summed E-state index contributed by atoms with van der Waals surface area (Å²) in [6, 6.07) is 6.00. The number of anilines is 1. The summed E-state index contributed by atoms with van der Waals surface area (Å²) >= 11 is 5.44. The highest BCUT2D eigenvalue weighted by atomic mass is 32.1. The van der Waals surface area contributed by atoms with Gasteiger partial charge in [0.2, 0.25) is 0 Å². The van der Waals surface area contributed by atoms with E-state index in [4.69, 9.17) is 16.6 Å². The Bertz CT molecular complexity index is 632. The first kappa shape index (κ1) is 15.0.